The fourth-order valence-electron chi connectivity index (χ4n) is 4.84. The second-order valence-electron chi connectivity index (χ2n) is 9.64. The van der Waals surface area contributed by atoms with Gasteiger partial charge in [-0.2, -0.15) is 0 Å². The Morgan fingerprint density at radius 2 is 1.76 bits per heavy atom. The first kappa shape index (κ1) is 24.3. The number of anilines is 1. The van der Waals surface area contributed by atoms with Gasteiger partial charge in [0, 0.05) is 75.9 Å². The Morgan fingerprint density at radius 1 is 1.15 bits per heavy atom. The molecule has 186 valence electrons. The number of piperidine rings is 1. The molecule has 2 amide bonds. The number of likely N-dealkylation sites (tertiary alicyclic amines) is 1. The van der Waals surface area contributed by atoms with E-state index in [0.717, 1.165) is 50.8 Å². The number of urea groups is 1. The summed E-state index contributed by atoms with van der Waals surface area (Å²) in [5.74, 6) is -2.56. The zero-order valence-corrected chi connectivity index (χ0v) is 20.3. The van der Waals surface area contributed by atoms with Crippen molar-refractivity contribution in [1.29, 1.82) is 0 Å². The number of hydrogen-bond acceptors (Lipinski definition) is 6. The number of imidazole rings is 1. The Morgan fingerprint density at radius 3 is 2.29 bits per heavy atom. The molecule has 9 nitrogen and oxygen atoms in total. The monoisotopic (exact) mass is 476 g/mol. The smallest absolute Gasteiger partial charge is 0.318 e. The molecule has 4 rings (SSSR count). The third-order valence-corrected chi connectivity index (χ3v) is 6.80. The van der Waals surface area contributed by atoms with Crippen molar-refractivity contribution in [2.45, 2.75) is 71.1 Å². The number of carbonyl (C=O) groups is 1. The first-order valence-electron chi connectivity index (χ1n) is 11.9. The van der Waals surface area contributed by atoms with E-state index in [2.05, 4.69) is 30.2 Å². The number of piperazine rings is 1. The zero-order valence-electron chi connectivity index (χ0n) is 20.3. The van der Waals surface area contributed by atoms with Crippen LogP contribution in [-0.2, 0) is 12.5 Å². The predicted molar refractivity (Wildman–Crippen MR) is 125 cm³/mol. The Labute approximate surface area is 199 Å². The molecule has 0 aromatic carbocycles. The van der Waals surface area contributed by atoms with Gasteiger partial charge in [0.15, 0.2) is 0 Å². The molecule has 34 heavy (non-hydrogen) atoms. The number of nitrogens with one attached hydrogen (secondary N) is 2. The van der Waals surface area contributed by atoms with Crippen molar-refractivity contribution in [3.05, 3.63) is 35.7 Å². The van der Waals surface area contributed by atoms with Crippen LogP contribution in [0.1, 0.15) is 50.6 Å². The summed E-state index contributed by atoms with van der Waals surface area (Å²) >= 11 is 0. The van der Waals surface area contributed by atoms with E-state index in [9.17, 15) is 13.6 Å². The molecule has 0 saturated carbocycles. The maximum atomic E-state index is 13.5. The predicted octanol–water partition coefficient (Wildman–Crippen LogP) is 2.89. The molecular formula is C23H34F2N8O. The summed E-state index contributed by atoms with van der Waals surface area (Å²) in [5.41, 5.74) is 1.97. The van der Waals surface area contributed by atoms with Crippen molar-refractivity contribution in [3.63, 3.8) is 0 Å². The number of alkyl halides is 2. The van der Waals surface area contributed by atoms with Gasteiger partial charge >= 0.3 is 6.03 Å². The highest BCUT2D eigenvalue weighted by Gasteiger charge is 2.35. The van der Waals surface area contributed by atoms with E-state index in [1.807, 2.05) is 30.6 Å². The first-order valence-corrected chi connectivity index (χ1v) is 11.9. The molecule has 0 unspecified atom stereocenters. The number of H-pyrrole nitrogens is 1. The van der Waals surface area contributed by atoms with Gasteiger partial charge in [0.1, 0.15) is 0 Å². The first-order chi connectivity index (χ1) is 16.1. The van der Waals surface area contributed by atoms with Crippen LogP contribution < -0.4 is 10.2 Å². The van der Waals surface area contributed by atoms with Crippen molar-refractivity contribution in [2.75, 3.05) is 31.1 Å². The Kier molecular flexibility index (Phi) is 7.01. The minimum absolute atomic E-state index is 0.0527. The molecule has 0 radical (unpaired) electrons. The minimum Gasteiger partial charge on any atom is -0.348 e. The van der Waals surface area contributed by atoms with Crippen LogP contribution in [0, 0.1) is 6.92 Å². The number of hydrogen-bond donors (Lipinski definition) is 2. The van der Waals surface area contributed by atoms with Gasteiger partial charge in [-0.15, -0.1) is 0 Å². The Bertz CT molecular complexity index is 956. The number of aromatic amines is 1. The highest BCUT2D eigenvalue weighted by Crippen LogP contribution is 2.27. The van der Waals surface area contributed by atoms with Crippen LogP contribution in [-0.4, -0.2) is 80.1 Å². The maximum Gasteiger partial charge on any atom is 0.318 e. The highest BCUT2D eigenvalue weighted by molar-refractivity contribution is 5.75. The van der Waals surface area contributed by atoms with E-state index in [1.165, 1.54) is 12.4 Å². The average molecular weight is 477 g/mol. The largest absolute Gasteiger partial charge is 0.348 e. The molecule has 0 spiro atoms. The van der Waals surface area contributed by atoms with Crippen molar-refractivity contribution < 1.29 is 13.6 Å². The second-order valence-corrected chi connectivity index (χ2v) is 9.64. The fraction of sp³-hybridized carbons (Fsp3) is 0.652. The van der Waals surface area contributed by atoms with Crippen LogP contribution in [0.4, 0.5) is 19.5 Å². The van der Waals surface area contributed by atoms with Gasteiger partial charge in [-0.3, -0.25) is 4.90 Å². The molecule has 2 N–H and O–H groups in total. The quantitative estimate of drug-likeness (QED) is 0.689. The minimum atomic E-state index is -2.97. The van der Waals surface area contributed by atoms with Crippen LogP contribution in [0.25, 0.3) is 0 Å². The number of aromatic nitrogens is 4. The van der Waals surface area contributed by atoms with Gasteiger partial charge in [0.05, 0.1) is 17.6 Å². The molecule has 2 saturated heterocycles. The third kappa shape index (κ3) is 5.45. The summed E-state index contributed by atoms with van der Waals surface area (Å²) in [4.78, 5) is 35.1. The van der Waals surface area contributed by atoms with Crippen LogP contribution in [0.3, 0.4) is 0 Å². The second kappa shape index (κ2) is 9.81. The number of amides is 2. The average Bonchev–Trinajstić information content (AvgIpc) is 3.18. The molecule has 2 aliphatic rings. The number of carbonyl (C=O) groups excluding carboxylic acids is 1. The molecule has 2 atom stereocenters. The van der Waals surface area contributed by atoms with Gasteiger partial charge in [-0.25, -0.2) is 28.5 Å². The van der Waals surface area contributed by atoms with Crippen molar-refractivity contribution >= 4 is 12.0 Å². The number of aryl methyl sites for hydroxylation is 1. The highest BCUT2D eigenvalue weighted by atomic mass is 19.3. The Hall–Kier alpha value is -2.82. The number of rotatable bonds is 5. The topological polar surface area (TPSA) is 93.3 Å². The molecule has 2 aromatic rings. The maximum absolute atomic E-state index is 13.5. The molecular weight excluding hydrogens is 442 g/mol. The van der Waals surface area contributed by atoms with Crippen molar-refractivity contribution in [2.24, 2.45) is 0 Å². The van der Waals surface area contributed by atoms with E-state index in [1.54, 1.807) is 6.33 Å². The molecule has 2 aliphatic heterocycles. The lowest BCUT2D eigenvalue weighted by molar-refractivity contribution is 0.0167. The van der Waals surface area contributed by atoms with Gasteiger partial charge in [0.2, 0.25) is 5.95 Å². The SMILES string of the molecule is Cc1[nH]cnc1CN1CCC(NC(=O)N2[C@H](C)CN(c3ncc(C(C)(F)F)cn3)C[C@@H]2C)CC1. The summed E-state index contributed by atoms with van der Waals surface area (Å²) < 4.78 is 26.9. The summed E-state index contributed by atoms with van der Waals surface area (Å²) in [5, 5.41) is 3.22. The van der Waals surface area contributed by atoms with Gasteiger partial charge in [-0.1, -0.05) is 0 Å². The summed E-state index contributed by atoms with van der Waals surface area (Å²) in [6, 6.07) is -0.0408. The summed E-state index contributed by atoms with van der Waals surface area (Å²) in [6.45, 7) is 10.6. The molecule has 0 bridgehead atoms. The van der Waals surface area contributed by atoms with E-state index in [4.69, 9.17) is 0 Å². The van der Waals surface area contributed by atoms with E-state index >= 15 is 0 Å². The lowest BCUT2D eigenvalue weighted by Crippen LogP contribution is -2.62. The normalized spacial score (nSPS) is 22.8. The van der Waals surface area contributed by atoms with E-state index in [0.29, 0.717) is 19.0 Å². The third-order valence-electron chi connectivity index (χ3n) is 6.80. The van der Waals surface area contributed by atoms with Crippen LogP contribution >= 0.6 is 0 Å². The number of nitrogens with zero attached hydrogens (tertiary/aromatic N) is 6. The van der Waals surface area contributed by atoms with Crippen molar-refractivity contribution in [3.8, 4) is 0 Å². The lowest BCUT2D eigenvalue weighted by atomic mass is 10.0. The van der Waals surface area contributed by atoms with Gasteiger partial charge < -0.3 is 20.1 Å². The number of halogens is 2. The Balaban J connectivity index is 1.28. The molecule has 4 heterocycles. The standard InChI is InChI=1S/C23H34F2N8O/c1-15-11-32(21-26-9-18(10-27-21)23(4,24)25)12-16(2)33(15)22(34)30-19-5-7-31(8-6-19)13-20-17(3)28-14-29-20/h9-10,14-16,19H,5-8,11-13H2,1-4H3,(H,28,29)(H,30,34)/t15-,16+. The zero-order chi connectivity index (χ0) is 24.5. The molecule has 11 heteroatoms. The summed E-state index contributed by atoms with van der Waals surface area (Å²) in [7, 11) is 0. The fourth-order valence-corrected chi connectivity index (χ4v) is 4.84. The summed E-state index contributed by atoms with van der Waals surface area (Å²) in [6.07, 6.45) is 5.89. The lowest BCUT2D eigenvalue weighted by Gasteiger charge is -2.45. The van der Waals surface area contributed by atoms with Crippen LogP contribution in [0.5, 0.6) is 0 Å². The molecule has 2 aromatic heterocycles. The van der Waals surface area contributed by atoms with Crippen LogP contribution in [0.15, 0.2) is 18.7 Å². The van der Waals surface area contributed by atoms with Crippen molar-refractivity contribution in [1.82, 2.24) is 35.1 Å². The molecule has 2 fully saturated rings. The van der Waals surface area contributed by atoms with E-state index < -0.39 is 5.92 Å². The van der Waals surface area contributed by atoms with Gasteiger partial charge in [-0.05, 0) is 33.6 Å². The van der Waals surface area contributed by atoms with Crippen LogP contribution in [0.2, 0.25) is 0 Å². The van der Waals surface area contributed by atoms with E-state index in [-0.39, 0.29) is 29.7 Å². The van der Waals surface area contributed by atoms with Gasteiger partial charge in [0.25, 0.3) is 5.92 Å². The molecule has 0 aliphatic carbocycles.